The summed E-state index contributed by atoms with van der Waals surface area (Å²) in [5.74, 6) is -1.81. The van der Waals surface area contributed by atoms with Gasteiger partial charge < -0.3 is 19.5 Å². The molecule has 0 aliphatic carbocycles. The molecule has 0 bridgehead atoms. The number of aliphatic carboxylic acids is 1. The van der Waals surface area contributed by atoms with E-state index in [4.69, 9.17) is 27.9 Å². The molecule has 0 spiro atoms. The number of rotatable bonds is 9. The summed E-state index contributed by atoms with van der Waals surface area (Å²) >= 11 is 12.5. The maximum atomic E-state index is 14.1. The van der Waals surface area contributed by atoms with Crippen molar-refractivity contribution in [3.05, 3.63) is 63.9 Å². The molecule has 0 radical (unpaired) electrons. The summed E-state index contributed by atoms with van der Waals surface area (Å²) in [6.45, 7) is 7.46. The van der Waals surface area contributed by atoms with E-state index in [1.54, 1.807) is 42.3 Å². The normalized spacial score (nSPS) is 23.4. The van der Waals surface area contributed by atoms with Crippen molar-refractivity contribution in [3.63, 3.8) is 0 Å². The summed E-state index contributed by atoms with van der Waals surface area (Å²) in [5, 5.41) is 10.7. The number of carbonyl (C=O) groups excluding carboxylic acids is 2. The molecule has 4 unspecified atom stereocenters. The van der Waals surface area contributed by atoms with E-state index in [9.17, 15) is 19.5 Å². The Balaban J connectivity index is 2.23. The van der Waals surface area contributed by atoms with Gasteiger partial charge in [-0.25, -0.2) is 0 Å². The van der Waals surface area contributed by atoms with Crippen LogP contribution in [0.2, 0.25) is 10.0 Å². The lowest BCUT2D eigenvalue weighted by atomic mass is 9.68. The number of amides is 1. The predicted molar refractivity (Wildman–Crippen MR) is 138 cm³/mol. The Morgan fingerprint density at radius 2 is 1.92 bits per heavy atom. The first kappa shape index (κ1) is 28.1. The van der Waals surface area contributed by atoms with Gasteiger partial charge in [0.2, 0.25) is 5.91 Å². The van der Waals surface area contributed by atoms with Crippen molar-refractivity contribution in [2.45, 2.75) is 70.6 Å². The van der Waals surface area contributed by atoms with E-state index in [1.807, 2.05) is 32.9 Å². The van der Waals surface area contributed by atoms with E-state index in [1.165, 1.54) is 0 Å². The molecule has 1 aliphatic heterocycles. The van der Waals surface area contributed by atoms with Gasteiger partial charge in [-0.15, -0.1) is 0 Å². The SMILES string of the molecule is CC(C)(C)OCC(CC=O)N1C(=O)C(C)(CC(=O)O)CC(c2cc(Cl)ccn2)C1c1ccc(Cl)cc1. The fourth-order valence-corrected chi connectivity index (χ4v) is 5.15. The summed E-state index contributed by atoms with van der Waals surface area (Å²) in [7, 11) is 0. The Labute approximate surface area is 221 Å². The van der Waals surface area contributed by atoms with Crippen molar-refractivity contribution in [1.82, 2.24) is 9.88 Å². The second-order valence-corrected chi connectivity index (χ2v) is 11.4. The number of pyridine rings is 1. The van der Waals surface area contributed by atoms with Gasteiger partial charge in [-0.05, 0) is 57.0 Å². The smallest absolute Gasteiger partial charge is 0.304 e. The van der Waals surface area contributed by atoms with Gasteiger partial charge >= 0.3 is 5.97 Å². The first-order valence-electron chi connectivity index (χ1n) is 11.8. The Morgan fingerprint density at radius 1 is 1.25 bits per heavy atom. The highest BCUT2D eigenvalue weighted by Crippen LogP contribution is 2.51. The molecule has 36 heavy (non-hydrogen) atoms. The molecule has 194 valence electrons. The fraction of sp³-hybridized carbons (Fsp3) is 0.481. The second kappa shape index (κ2) is 11.3. The molecule has 0 saturated carbocycles. The van der Waals surface area contributed by atoms with Crippen LogP contribution in [0.3, 0.4) is 0 Å². The van der Waals surface area contributed by atoms with E-state index >= 15 is 0 Å². The van der Waals surface area contributed by atoms with Crippen LogP contribution in [0, 0.1) is 5.41 Å². The molecule has 3 rings (SSSR count). The Morgan fingerprint density at radius 3 is 2.47 bits per heavy atom. The number of ether oxygens (including phenoxy) is 1. The third-order valence-electron chi connectivity index (χ3n) is 6.45. The lowest BCUT2D eigenvalue weighted by Crippen LogP contribution is -2.57. The molecule has 1 N–H and O–H groups in total. The Kier molecular flexibility index (Phi) is 8.80. The highest BCUT2D eigenvalue weighted by molar-refractivity contribution is 6.30. The highest BCUT2D eigenvalue weighted by atomic mass is 35.5. The molecule has 1 aromatic heterocycles. The first-order valence-corrected chi connectivity index (χ1v) is 12.6. The van der Waals surface area contributed by atoms with Gasteiger partial charge in [0.25, 0.3) is 0 Å². The molecule has 1 fully saturated rings. The number of hydrogen-bond acceptors (Lipinski definition) is 5. The molecule has 1 amide bonds. The largest absolute Gasteiger partial charge is 0.481 e. The molecular weight excluding hydrogens is 503 g/mol. The Bertz CT molecular complexity index is 1100. The van der Waals surface area contributed by atoms with Crippen LogP contribution in [0.5, 0.6) is 0 Å². The number of piperidine rings is 1. The van der Waals surface area contributed by atoms with Gasteiger partial charge in [0.15, 0.2) is 0 Å². The maximum Gasteiger partial charge on any atom is 0.304 e. The summed E-state index contributed by atoms with van der Waals surface area (Å²) in [4.78, 5) is 44.0. The van der Waals surface area contributed by atoms with Crippen molar-refractivity contribution >= 4 is 41.4 Å². The van der Waals surface area contributed by atoms with Gasteiger partial charge in [-0.2, -0.15) is 0 Å². The van der Waals surface area contributed by atoms with Gasteiger partial charge in [0.1, 0.15) is 6.29 Å². The summed E-state index contributed by atoms with van der Waals surface area (Å²) < 4.78 is 6.03. The number of nitrogens with zero attached hydrogens (tertiary/aromatic N) is 2. The van der Waals surface area contributed by atoms with E-state index in [-0.39, 0.29) is 31.8 Å². The van der Waals surface area contributed by atoms with Gasteiger partial charge in [0.05, 0.1) is 36.1 Å². The van der Waals surface area contributed by atoms with Crippen LogP contribution in [0.1, 0.15) is 70.2 Å². The molecule has 1 saturated heterocycles. The minimum atomic E-state index is -1.23. The van der Waals surface area contributed by atoms with Crippen LogP contribution < -0.4 is 0 Å². The molecule has 9 heteroatoms. The maximum absolute atomic E-state index is 14.1. The number of halogens is 2. The van der Waals surface area contributed by atoms with Crippen molar-refractivity contribution in [3.8, 4) is 0 Å². The zero-order valence-electron chi connectivity index (χ0n) is 20.9. The van der Waals surface area contributed by atoms with E-state index < -0.39 is 35.0 Å². The van der Waals surface area contributed by atoms with Crippen LogP contribution >= 0.6 is 23.2 Å². The number of aldehydes is 1. The molecule has 2 heterocycles. The lowest BCUT2D eigenvalue weighted by molar-refractivity contribution is -0.164. The fourth-order valence-electron chi connectivity index (χ4n) is 4.85. The minimum absolute atomic E-state index is 0.0325. The average molecular weight is 535 g/mol. The summed E-state index contributed by atoms with van der Waals surface area (Å²) in [6, 6.07) is 9.41. The highest BCUT2D eigenvalue weighted by Gasteiger charge is 2.53. The van der Waals surface area contributed by atoms with Gasteiger partial charge in [-0.3, -0.25) is 14.6 Å². The third kappa shape index (κ3) is 6.64. The molecule has 4 atom stereocenters. The number of likely N-dealkylation sites (tertiary alicyclic amines) is 1. The number of aromatic nitrogens is 1. The third-order valence-corrected chi connectivity index (χ3v) is 6.94. The van der Waals surface area contributed by atoms with Crippen LogP contribution in [0.25, 0.3) is 0 Å². The second-order valence-electron chi connectivity index (χ2n) is 10.5. The van der Waals surface area contributed by atoms with E-state index in [2.05, 4.69) is 4.98 Å². The van der Waals surface area contributed by atoms with Crippen molar-refractivity contribution in [2.75, 3.05) is 6.61 Å². The average Bonchev–Trinajstić information content (AvgIpc) is 2.78. The van der Waals surface area contributed by atoms with Crippen molar-refractivity contribution < 1.29 is 24.2 Å². The van der Waals surface area contributed by atoms with Crippen LogP contribution in [0.4, 0.5) is 0 Å². The summed E-state index contributed by atoms with van der Waals surface area (Å²) in [5.41, 5.74) is -0.304. The molecule has 1 aliphatic rings. The van der Waals surface area contributed by atoms with Gasteiger partial charge in [-0.1, -0.05) is 42.3 Å². The van der Waals surface area contributed by atoms with Crippen LogP contribution in [0.15, 0.2) is 42.6 Å². The monoisotopic (exact) mass is 534 g/mol. The molecule has 7 nitrogen and oxygen atoms in total. The molecule has 1 aromatic carbocycles. The zero-order chi connectivity index (χ0) is 26.7. The predicted octanol–water partition coefficient (Wildman–Crippen LogP) is 5.70. The zero-order valence-corrected chi connectivity index (χ0v) is 22.4. The lowest BCUT2D eigenvalue weighted by Gasteiger charge is -2.51. The van der Waals surface area contributed by atoms with Crippen molar-refractivity contribution in [2.24, 2.45) is 5.41 Å². The number of benzene rings is 1. The number of carbonyl (C=O) groups is 3. The standard InChI is InChI=1S/C27H32Cl2N2O5/c1-26(2,3)36-16-20(10-12-32)31-24(17-5-7-18(28)8-6-17)21(22-13-19(29)9-11-30-22)14-27(4,25(31)35)15-23(33)34/h5-9,11-13,20-21,24H,10,14-16H2,1-4H3,(H,33,34). The molecular formula is C27H32Cl2N2O5. The van der Waals surface area contributed by atoms with E-state index in [0.717, 1.165) is 11.8 Å². The topological polar surface area (TPSA) is 96.8 Å². The van der Waals surface area contributed by atoms with Crippen molar-refractivity contribution in [1.29, 1.82) is 0 Å². The number of carboxylic acid groups (broad SMARTS) is 1. The van der Waals surface area contributed by atoms with Crippen LogP contribution in [-0.2, 0) is 19.1 Å². The summed E-state index contributed by atoms with van der Waals surface area (Å²) in [6.07, 6.45) is 2.27. The molecule has 2 aromatic rings. The quantitative estimate of drug-likeness (QED) is 0.414. The number of carboxylic acids is 1. The minimum Gasteiger partial charge on any atom is -0.481 e. The van der Waals surface area contributed by atoms with Gasteiger partial charge in [0, 0.05) is 34.3 Å². The van der Waals surface area contributed by atoms with E-state index in [0.29, 0.717) is 15.7 Å². The first-order chi connectivity index (χ1) is 16.8. The number of hydrogen-bond donors (Lipinski definition) is 1. The Hall–Kier alpha value is -2.48. The van der Waals surface area contributed by atoms with Crippen LogP contribution in [-0.4, -0.2) is 51.4 Å².